The third-order valence-electron chi connectivity index (χ3n) is 3.92. The number of para-hydroxylation sites is 1. The van der Waals surface area contributed by atoms with E-state index in [0.29, 0.717) is 5.76 Å². The lowest BCUT2D eigenvalue weighted by Crippen LogP contribution is -2.39. The molecule has 0 saturated carbocycles. The Labute approximate surface area is 148 Å². The fourth-order valence-electron chi connectivity index (χ4n) is 2.63. The van der Waals surface area contributed by atoms with E-state index in [0.717, 1.165) is 16.8 Å². The van der Waals surface area contributed by atoms with Crippen LogP contribution in [-0.4, -0.2) is 36.9 Å². The molecule has 25 heavy (non-hydrogen) atoms. The van der Waals surface area contributed by atoms with Crippen LogP contribution < -0.4 is 10.6 Å². The Hall–Kier alpha value is -2.60. The topological polar surface area (TPSA) is 74.6 Å². The Bertz CT molecular complexity index is 705. The summed E-state index contributed by atoms with van der Waals surface area (Å²) >= 11 is 0. The van der Waals surface area contributed by atoms with Crippen LogP contribution in [-0.2, 0) is 9.59 Å². The Morgan fingerprint density at radius 3 is 2.32 bits per heavy atom. The lowest BCUT2D eigenvalue weighted by atomic mass is 10.1. The van der Waals surface area contributed by atoms with Gasteiger partial charge in [-0.15, -0.1) is 0 Å². The van der Waals surface area contributed by atoms with E-state index in [2.05, 4.69) is 10.6 Å². The van der Waals surface area contributed by atoms with Gasteiger partial charge >= 0.3 is 0 Å². The van der Waals surface area contributed by atoms with Gasteiger partial charge in [0.15, 0.2) is 0 Å². The van der Waals surface area contributed by atoms with Crippen LogP contribution in [0.2, 0.25) is 0 Å². The maximum atomic E-state index is 12.2. The summed E-state index contributed by atoms with van der Waals surface area (Å²) in [6.07, 6.45) is 1.57. The summed E-state index contributed by atoms with van der Waals surface area (Å²) in [7, 11) is 1.74. The highest BCUT2D eigenvalue weighted by Gasteiger charge is 2.15. The van der Waals surface area contributed by atoms with Gasteiger partial charge < -0.3 is 15.1 Å². The van der Waals surface area contributed by atoms with Gasteiger partial charge in [0.05, 0.1) is 25.4 Å². The monoisotopic (exact) mass is 343 g/mol. The van der Waals surface area contributed by atoms with E-state index < -0.39 is 0 Å². The van der Waals surface area contributed by atoms with Gasteiger partial charge in [0.2, 0.25) is 11.8 Å². The molecule has 1 aromatic heterocycles. The third kappa shape index (κ3) is 5.46. The number of carbonyl (C=O) groups excluding carboxylic acids is 2. The molecule has 0 unspecified atom stereocenters. The van der Waals surface area contributed by atoms with Gasteiger partial charge in [-0.3, -0.25) is 14.5 Å². The van der Waals surface area contributed by atoms with Crippen molar-refractivity contribution in [3.8, 4) is 0 Å². The van der Waals surface area contributed by atoms with E-state index in [-0.39, 0.29) is 30.9 Å². The van der Waals surface area contributed by atoms with Gasteiger partial charge in [0.1, 0.15) is 5.76 Å². The van der Waals surface area contributed by atoms with Crippen LogP contribution >= 0.6 is 0 Å². The Balaban J connectivity index is 1.82. The summed E-state index contributed by atoms with van der Waals surface area (Å²) in [6, 6.07) is 9.25. The molecule has 0 radical (unpaired) electrons. The number of likely N-dealkylation sites (N-methyl/N-ethyl adjacent to an activating group) is 1. The van der Waals surface area contributed by atoms with Crippen LogP contribution in [0.5, 0.6) is 0 Å². The third-order valence-corrected chi connectivity index (χ3v) is 3.92. The molecule has 0 bridgehead atoms. The first kappa shape index (κ1) is 18.7. The van der Waals surface area contributed by atoms with Crippen molar-refractivity contribution >= 4 is 17.5 Å². The molecule has 0 saturated heterocycles. The predicted molar refractivity (Wildman–Crippen MR) is 97.3 cm³/mol. The molecule has 2 N–H and O–H groups in total. The van der Waals surface area contributed by atoms with Crippen molar-refractivity contribution in [2.45, 2.75) is 26.8 Å². The first-order valence-corrected chi connectivity index (χ1v) is 8.24. The summed E-state index contributed by atoms with van der Waals surface area (Å²) in [5, 5.41) is 5.77. The zero-order valence-electron chi connectivity index (χ0n) is 15.1. The molecule has 0 fully saturated rings. The van der Waals surface area contributed by atoms with Crippen LogP contribution in [0, 0.1) is 13.8 Å². The van der Waals surface area contributed by atoms with Crippen molar-refractivity contribution < 1.29 is 14.0 Å². The average Bonchev–Trinajstić information content (AvgIpc) is 3.05. The first-order valence-electron chi connectivity index (χ1n) is 8.24. The number of nitrogens with one attached hydrogen (secondary N) is 2. The molecule has 0 aliphatic carbocycles. The van der Waals surface area contributed by atoms with E-state index in [1.165, 1.54) is 0 Å². The van der Waals surface area contributed by atoms with Crippen LogP contribution in [0.1, 0.15) is 29.9 Å². The van der Waals surface area contributed by atoms with Gasteiger partial charge in [0, 0.05) is 5.69 Å². The average molecular weight is 343 g/mol. The molecule has 6 nitrogen and oxygen atoms in total. The second-order valence-corrected chi connectivity index (χ2v) is 6.29. The van der Waals surface area contributed by atoms with E-state index in [9.17, 15) is 9.59 Å². The number of aryl methyl sites for hydroxylation is 2. The normalized spacial score (nSPS) is 12.0. The summed E-state index contributed by atoms with van der Waals surface area (Å²) in [5.41, 5.74) is 2.86. The number of amides is 2. The molecule has 6 heteroatoms. The molecule has 0 aliphatic rings. The zero-order valence-corrected chi connectivity index (χ0v) is 15.1. The van der Waals surface area contributed by atoms with Crippen LogP contribution in [0.25, 0.3) is 0 Å². The number of nitrogens with zero attached hydrogens (tertiary/aromatic N) is 1. The second-order valence-electron chi connectivity index (χ2n) is 6.29. The number of hydrogen-bond acceptors (Lipinski definition) is 4. The maximum absolute atomic E-state index is 12.2. The second kappa shape index (κ2) is 8.48. The lowest BCUT2D eigenvalue weighted by Gasteiger charge is -2.18. The molecule has 1 atom stereocenters. The van der Waals surface area contributed by atoms with Gasteiger partial charge in [-0.2, -0.15) is 0 Å². The largest absolute Gasteiger partial charge is 0.467 e. The molecule has 0 spiro atoms. The minimum absolute atomic E-state index is 0.130. The molecular formula is C19H25N3O3. The molecule has 134 valence electrons. The fourth-order valence-corrected chi connectivity index (χ4v) is 2.63. The number of benzene rings is 1. The van der Waals surface area contributed by atoms with Gasteiger partial charge in [-0.25, -0.2) is 0 Å². The number of hydrogen-bond donors (Lipinski definition) is 2. The van der Waals surface area contributed by atoms with Crippen LogP contribution in [0.3, 0.4) is 0 Å². The molecule has 0 aliphatic heterocycles. The minimum atomic E-state index is -0.209. The molecule has 2 amide bonds. The Morgan fingerprint density at radius 1 is 1.08 bits per heavy atom. The van der Waals surface area contributed by atoms with E-state index in [1.807, 2.05) is 45.0 Å². The quantitative estimate of drug-likeness (QED) is 0.810. The van der Waals surface area contributed by atoms with Gasteiger partial charge in [-0.05, 0) is 51.1 Å². The summed E-state index contributed by atoms with van der Waals surface area (Å²) < 4.78 is 5.26. The summed E-state index contributed by atoms with van der Waals surface area (Å²) in [6.45, 7) is 6.03. The standard InChI is InChI=1S/C19H25N3O3/c1-13-7-5-8-14(2)19(13)21-18(24)12-22(4)11-17(23)20-15(3)16-9-6-10-25-16/h5-10,15H,11-12H2,1-4H3,(H,20,23)(H,21,24)/t15-/m0/s1. The Kier molecular flexibility index (Phi) is 6.36. The fraction of sp³-hybridized carbons (Fsp3) is 0.368. The van der Waals surface area contributed by atoms with Crippen LogP contribution in [0.15, 0.2) is 41.0 Å². The molecule has 2 rings (SSSR count). The molecule has 2 aromatic rings. The highest BCUT2D eigenvalue weighted by atomic mass is 16.3. The van der Waals surface area contributed by atoms with Crippen molar-refractivity contribution in [1.29, 1.82) is 0 Å². The number of rotatable bonds is 7. The van der Waals surface area contributed by atoms with Crippen molar-refractivity contribution in [1.82, 2.24) is 10.2 Å². The number of furan rings is 1. The molecular weight excluding hydrogens is 318 g/mol. The maximum Gasteiger partial charge on any atom is 0.238 e. The van der Waals surface area contributed by atoms with Crippen molar-refractivity contribution in [3.05, 3.63) is 53.5 Å². The Morgan fingerprint density at radius 2 is 1.72 bits per heavy atom. The van der Waals surface area contributed by atoms with Crippen molar-refractivity contribution in [2.75, 3.05) is 25.5 Å². The minimum Gasteiger partial charge on any atom is -0.467 e. The van der Waals surface area contributed by atoms with E-state index in [1.54, 1.807) is 24.3 Å². The van der Waals surface area contributed by atoms with E-state index >= 15 is 0 Å². The highest BCUT2D eigenvalue weighted by Crippen LogP contribution is 2.19. The zero-order chi connectivity index (χ0) is 18.4. The van der Waals surface area contributed by atoms with Gasteiger partial charge in [-0.1, -0.05) is 18.2 Å². The first-order chi connectivity index (χ1) is 11.9. The predicted octanol–water partition coefficient (Wildman–Crippen LogP) is 2.64. The number of carbonyl (C=O) groups is 2. The van der Waals surface area contributed by atoms with Crippen molar-refractivity contribution in [3.63, 3.8) is 0 Å². The lowest BCUT2D eigenvalue weighted by molar-refractivity contribution is -0.123. The highest BCUT2D eigenvalue weighted by molar-refractivity contribution is 5.94. The van der Waals surface area contributed by atoms with Crippen molar-refractivity contribution in [2.24, 2.45) is 0 Å². The summed E-state index contributed by atoms with van der Waals surface area (Å²) in [5.74, 6) is 0.391. The summed E-state index contributed by atoms with van der Waals surface area (Å²) in [4.78, 5) is 26.0. The number of anilines is 1. The van der Waals surface area contributed by atoms with Gasteiger partial charge in [0.25, 0.3) is 0 Å². The SMILES string of the molecule is Cc1cccc(C)c1NC(=O)CN(C)CC(=O)N[C@@H](C)c1ccco1. The smallest absolute Gasteiger partial charge is 0.238 e. The molecule has 1 heterocycles. The molecule has 1 aromatic carbocycles. The van der Waals surface area contributed by atoms with Crippen LogP contribution in [0.4, 0.5) is 5.69 Å². The van der Waals surface area contributed by atoms with E-state index in [4.69, 9.17) is 4.42 Å².